The van der Waals surface area contributed by atoms with Crippen LogP contribution < -0.4 is 4.90 Å². The van der Waals surface area contributed by atoms with E-state index >= 15 is 0 Å². The van der Waals surface area contributed by atoms with Gasteiger partial charge < -0.3 is 9.80 Å². The second-order valence-electron chi connectivity index (χ2n) is 7.28. The molecule has 2 saturated heterocycles. The molecule has 3 heterocycles. The van der Waals surface area contributed by atoms with Gasteiger partial charge in [-0.1, -0.05) is 6.07 Å². The molecule has 1 aromatic heterocycles. The smallest absolute Gasteiger partial charge is 0.228 e. The maximum Gasteiger partial charge on any atom is 0.228 e. The molecule has 0 aliphatic carbocycles. The summed E-state index contributed by atoms with van der Waals surface area (Å²) < 4.78 is 0. The first-order valence-electron chi connectivity index (χ1n) is 9.62. The number of rotatable bonds is 5. The van der Waals surface area contributed by atoms with E-state index < -0.39 is 0 Å². The molecule has 28 heavy (non-hydrogen) atoms. The topological polar surface area (TPSA) is 43.9 Å². The summed E-state index contributed by atoms with van der Waals surface area (Å²) in [5, 5.41) is 2.10. The Bertz CT molecular complexity index is 815. The lowest BCUT2D eigenvalue weighted by Gasteiger charge is -2.35. The van der Waals surface area contributed by atoms with Crippen molar-refractivity contribution in [2.75, 3.05) is 43.9 Å². The first-order valence-corrected chi connectivity index (χ1v) is 11.7. The Morgan fingerprint density at radius 3 is 2.54 bits per heavy atom. The van der Waals surface area contributed by atoms with Crippen LogP contribution in [0.15, 0.2) is 46.7 Å². The van der Waals surface area contributed by atoms with Crippen molar-refractivity contribution in [1.29, 1.82) is 0 Å². The fraction of sp³-hybridized carbons (Fsp3) is 0.429. The van der Waals surface area contributed by atoms with E-state index in [1.165, 1.54) is 9.77 Å². The summed E-state index contributed by atoms with van der Waals surface area (Å²) in [7, 11) is 0. The fourth-order valence-corrected chi connectivity index (χ4v) is 5.05. The molecule has 0 unspecified atom stereocenters. The summed E-state index contributed by atoms with van der Waals surface area (Å²) in [5.74, 6) is -0.0458. The number of piperazine rings is 1. The molecule has 4 rings (SSSR count). The van der Waals surface area contributed by atoms with Crippen molar-refractivity contribution in [3.05, 3.63) is 46.7 Å². The molecule has 2 amide bonds. The highest BCUT2D eigenvalue weighted by molar-refractivity contribution is 7.98. The van der Waals surface area contributed by atoms with Crippen molar-refractivity contribution >= 4 is 40.6 Å². The summed E-state index contributed by atoms with van der Waals surface area (Å²) in [5.41, 5.74) is 0.888. The predicted octanol–water partition coefficient (Wildman–Crippen LogP) is 3.17. The number of thiophene rings is 1. The normalized spacial score (nSPS) is 20.8. The van der Waals surface area contributed by atoms with Gasteiger partial charge in [-0.3, -0.25) is 14.5 Å². The Labute approximate surface area is 174 Å². The zero-order valence-electron chi connectivity index (χ0n) is 16.0. The summed E-state index contributed by atoms with van der Waals surface area (Å²) in [6.45, 7) is 4.73. The standard InChI is InChI=1S/C21H25N3O2S2/c1-27-18-6-4-17(5-7-18)24-14-16(13-20(24)25)21(26)23-10-8-22(9-11-23)15-19-3-2-12-28-19/h2-7,12,16H,8-11,13-15H2,1H3/t16-/m1/s1. The van der Waals surface area contributed by atoms with Crippen molar-refractivity contribution in [2.45, 2.75) is 17.9 Å². The first-order chi connectivity index (χ1) is 13.6. The number of anilines is 1. The van der Waals surface area contributed by atoms with Gasteiger partial charge in [0.2, 0.25) is 11.8 Å². The zero-order valence-corrected chi connectivity index (χ0v) is 17.7. The Morgan fingerprint density at radius 1 is 1.14 bits per heavy atom. The fourth-order valence-electron chi connectivity index (χ4n) is 3.89. The Balaban J connectivity index is 1.32. The largest absolute Gasteiger partial charge is 0.340 e. The van der Waals surface area contributed by atoms with Gasteiger partial charge >= 0.3 is 0 Å². The predicted molar refractivity (Wildman–Crippen MR) is 115 cm³/mol. The van der Waals surface area contributed by atoms with Gasteiger partial charge in [0.25, 0.3) is 0 Å². The molecular weight excluding hydrogens is 390 g/mol. The number of nitrogens with zero attached hydrogens (tertiary/aromatic N) is 3. The molecule has 0 bridgehead atoms. The minimum Gasteiger partial charge on any atom is -0.340 e. The van der Waals surface area contributed by atoms with Crippen LogP contribution in [-0.4, -0.2) is 60.6 Å². The van der Waals surface area contributed by atoms with Gasteiger partial charge in [-0.25, -0.2) is 0 Å². The summed E-state index contributed by atoms with van der Waals surface area (Å²) in [4.78, 5) is 34.1. The van der Waals surface area contributed by atoms with Crippen LogP contribution in [0.3, 0.4) is 0 Å². The molecule has 7 heteroatoms. The van der Waals surface area contributed by atoms with Crippen LogP contribution >= 0.6 is 23.1 Å². The molecular formula is C21H25N3O2S2. The van der Waals surface area contributed by atoms with Crippen molar-refractivity contribution in [3.63, 3.8) is 0 Å². The van der Waals surface area contributed by atoms with Crippen LogP contribution in [0, 0.1) is 5.92 Å². The maximum atomic E-state index is 13.0. The molecule has 2 aliphatic rings. The number of benzene rings is 1. The molecule has 5 nitrogen and oxygen atoms in total. The molecule has 1 atom stereocenters. The van der Waals surface area contributed by atoms with E-state index in [1.54, 1.807) is 28.0 Å². The van der Waals surface area contributed by atoms with Gasteiger partial charge in [-0.05, 0) is 42.0 Å². The van der Waals surface area contributed by atoms with E-state index in [9.17, 15) is 9.59 Å². The SMILES string of the molecule is CSc1ccc(N2C[C@H](C(=O)N3CCN(Cc4cccs4)CC3)CC2=O)cc1. The highest BCUT2D eigenvalue weighted by atomic mass is 32.2. The molecule has 1 aromatic carbocycles. The number of thioether (sulfide) groups is 1. The highest BCUT2D eigenvalue weighted by Gasteiger charge is 2.37. The Morgan fingerprint density at radius 2 is 1.89 bits per heavy atom. The van der Waals surface area contributed by atoms with E-state index in [0.717, 1.165) is 38.4 Å². The summed E-state index contributed by atoms with van der Waals surface area (Å²) in [6, 6.07) is 12.2. The van der Waals surface area contributed by atoms with Crippen LogP contribution in [0.1, 0.15) is 11.3 Å². The molecule has 148 valence electrons. The lowest BCUT2D eigenvalue weighted by atomic mass is 10.1. The van der Waals surface area contributed by atoms with Gasteiger partial charge in [0.05, 0.1) is 5.92 Å². The highest BCUT2D eigenvalue weighted by Crippen LogP contribution is 2.28. The third-order valence-corrected chi connectivity index (χ3v) is 7.11. The lowest BCUT2D eigenvalue weighted by molar-refractivity contribution is -0.137. The van der Waals surface area contributed by atoms with Crippen molar-refractivity contribution in [1.82, 2.24) is 9.80 Å². The summed E-state index contributed by atoms with van der Waals surface area (Å²) >= 11 is 3.46. The van der Waals surface area contributed by atoms with Crippen LogP contribution in [0.5, 0.6) is 0 Å². The number of hydrogen-bond donors (Lipinski definition) is 0. The van der Waals surface area contributed by atoms with Crippen molar-refractivity contribution in [2.24, 2.45) is 5.92 Å². The van der Waals surface area contributed by atoms with E-state index in [4.69, 9.17) is 0 Å². The zero-order chi connectivity index (χ0) is 19.5. The average molecular weight is 416 g/mol. The van der Waals surface area contributed by atoms with Gasteiger partial charge in [0.1, 0.15) is 0 Å². The van der Waals surface area contributed by atoms with Crippen LogP contribution in [0.25, 0.3) is 0 Å². The number of hydrogen-bond acceptors (Lipinski definition) is 5. The minimum atomic E-state index is -0.225. The molecule has 2 aliphatic heterocycles. The van der Waals surface area contributed by atoms with Gasteiger partial charge in [-0.2, -0.15) is 0 Å². The van der Waals surface area contributed by atoms with E-state index in [-0.39, 0.29) is 17.7 Å². The third kappa shape index (κ3) is 4.26. The average Bonchev–Trinajstić information content (AvgIpc) is 3.38. The third-order valence-electron chi connectivity index (χ3n) is 5.50. The first kappa shape index (κ1) is 19.5. The summed E-state index contributed by atoms with van der Waals surface area (Å²) in [6.07, 6.45) is 2.35. The molecule has 2 aromatic rings. The van der Waals surface area contributed by atoms with Crippen LogP contribution in [0.2, 0.25) is 0 Å². The second-order valence-corrected chi connectivity index (χ2v) is 9.20. The van der Waals surface area contributed by atoms with Crippen LogP contribution in [-0.2, 0) is 16.1 Å². The monoisotopic (exact) mass is 415 g/mol. The van der Waals surface area contributed by atoms with Gasteiger partial charge in [0, 0.05) is 61.1 Å². The molecule has 0 saturated carbocycles. The van der Waals surface area contributed by atoms with E-state index in [0.29, 0.717) is 13.0 Å². The quantitative estimate of drug-likeness (QED) is 0.704. The van der Waals surface area contributed by atoms with Crippen LogP contribution in [0.4, 0.5) is 5.69 Å². The minimum absolute atomic E-state index is 0.0478. The molecule has 0 N–H and O–H groups in total. The van der Waals surface area contributed by atoms with Crippen molar-refractivity contribution < 1.29 is 9.59 Å². The Kier molecular flexibility index (Phi) is 6.04. The lowest BCUT2D eigenvalue weighted by Crippen LogP contribution is -2.50. The van der Waals surface area contributed by atoms with E-state index in [2.05, 4.69) is 22.4 Å². The van der Waals surface area contributed by atoms with Crippen molar-refractivity contribution in [3.8, 4) is 0 Å². The maximum absolute atomic E-state index is 13.0. The number of carbonyl (C=O) groups excluding carboxylic acids is 2. The van der Waals surface area contributed by atoms with Gasteiger partial charge in [-0.15, -0.1) is 23.1 Å². The molecule has 2 fully saturated rings. The number of carbonyl (C=O) groups is 2. The molecule has 0 radical (unpaired) electrons. The second kappa shape index (κ2) is 8.68. The van der Waals surface area contributed by atoms with Gasteiger partial charge in [0.15, 0.2) is 0 Å². The Hall–Kier alpha value is -1.83. The molecule has 0 spiro atoms. The van der Waals surface area contributed by atoms with E-state index in [1.807, 2.05) is 35.4 Å². The number of amides is 2.